The van der Waals surface area contributed by atoms with Crippen LogP contribution in [0.5, 0.6) is 0 Å². The molecule has 0 fully saturated rings. The van der Waals surface area contributed by atoms with Gasteiger partial charge in [-0.3, -0.25) is 0 Å². The van der Waals surface area contributed by atoms with Crippen LogP contribution >= 0.6 is 0 Å². The molecular formula is C13H14N2. The Kier molecular flexibility index (Phi) is 2.68. The fourth-order valence-corrected chi connectivity index (χ4v) is 1.64. The van der Waals surface area contributed by atoms with E-state index >= 15 is 0 Å². The van der Waals surface area contributed by atoms with Crippen molar-refractivity contribution in [3.05, 3.63) is 59.3 Å². The van der Waals surface area contributed by atoms with Crippen LogP contribution in [0.4, 0.5) is 5.82 Å². The van der Waals surface area contributed by atoms with Gasteiger partial charge in [0.05, 0.1) is 0 Å². The number of rotatable bonds is 2. The summed E-state index contributed by atoms with van der Waals surface area (Å²) in [5, 5.41) is 0. The fraction of sp³-hybridized carbons (Fsp3) is 0.154. The van der Waals surface area contributed by atoms with Crippen molar-refractivity contribution in [2.45, 2.75) is 13.3 Å². The van der Waals surface area contributed by atoms with Gasteiger partial charge < -0.3 is 5.73 Å². The van der Waals surface area contributed by atoms with Crippen LogP contribution in [0.25, 0.3) is 0 Å². The van der Waals surface area contributed by atoms with Gasteiger partial charge in [0.2, 0.25) is 0 Å². The molecular weight excluding hydrogens is 184 g/mol. The van der Waals surface area contributed by atoms with Crippen LogP contribution in [0.3, 0.4) is 0 Å². The number of nitrogens with two attached hydrogens (primary N) is 1. The first-order chi connectivity index (χ1) is 7.27. The van der Waals surface area contributed by atoms with Gasteiger partial charge in [-0.1, -0.05) is 30.3 Å². The van der Waals surface area contributed by atoms with E-state index in [4.69, 9.17) is 5.73 Å². The average molecular weight is 198 g/mol. The van der Waals surface area contributed by atoms with Gasteiger partial charge in [0, 0.05) is 18.2 Å². The Labute approximate surface area is 89.8 Å². The topological polar surface area (TPSA) is 38.9 Å². The second-order valence-corrected chi connectivity index (χ2v) is 3.65. The van der Waals surface area contributed by atoms with Crippen molar-refractivity contribution < 1.29 is 0 Å². The van der Waals surface area contributed by atoms with Gasteiger partial charge in [-0.05, 0) is 24.1 Å². The molecule has 0 saturated heterocycles. The molecule has 0 unspecified atom stereocenters. The summed E-state index contributed by atoms with van der Waals surface area (Å²) in [5.41, 5.74) is 9.45. The van der Waals surface area contributed by atoms with Crippen LogP contribution in [0.15, 0.2) is 42.6 Å². The van der Waals surface area contributed by atoms with Gasteiger partial charge >= 0.3 is 0 Å². The third kappa shape index (κ3) is 2.15. The Morgan fingerprint density at radius 2 is 1.87 bits per heavy atom. The first-order valence-corrected chi connectivity index (χ1v) is 5.01. The van der Waals surface area contributed by atoms with Gasteiger partial charge in [0.25, 0.3) is 0 Å². The molecule has 0 bridgehead atoms. The third-order valence-electron chi connectivity index (χ3n) is 2.55. The third-order valence-corrected chi connectivity index (χ3v) is 2.55. The number of nitrogens with zero attached hydrogens (tertiary/aromatic N) is 1. The first kappa shape index (κ1) is 9.71. The monoisotopic (exact) mass is 198 g/mol. The predicted molar refractivity (Wildman–Crippen MR) is 62.6 cm³/mol. The number of hydrogen-bond acceptors (Lipinski definition) is 2. The summed E-state index contributed by atoms with van der Waals surface area (Å²) in [5.74, 6) is 0.638. The van der Waals surface area contributed by atoms with E-state index in [1.54, 1.807) is 6.20 Å². The molecule has 0 atom stereocenters. The molecule has 0 aliphatic heterocycles. The quantitative estimate of drug-likeness (QED) is 0.805. The lowest BCUT2D eigenvalue weighted by atomic mass is 10.0. The Morgan fingerprint density at radius 3 is 2.53 bits per heavy atom. The van der Waals surface area contributed by atoms with Gasteiger partial charge in [-0.15, -0.1) is 0 Å². The number of hydrogen-bond donors (Lipinski definition) is 1. The molecule has 76 valence electrons. The summed E-state index contributed by atoms with van der Waals surface area (Å²) in [6.45, 7) is 2.07. The molecule has 0 radical (unpaired) electrons. The lowest BCUT2D eigenvalue weighted by Gasteiger charge is -2.07. The van der Waals surface area contributed by atoms with Crippen LogP contribution in [-0.2, 0) is 6.42 Å². The maximum absolute atomic E-state index is 5.86. The van der Waals surface area contributed by atoms with E-state index < -0.39 is 0 Å². The number of aromatic nitrogens is 1. The first-order valence-electron chi connectivity index (χ1n) is 5.01. The highest BCUT2D eigenvalue weighted by Crippen LogP contribution is 2.17. The van der Waals surface area contributed by atoms with Crippen LogP contribution in [0, 0.1) is 6.92 Å². The van der Waals surface area contributed by atoms with Gasteiger partial charge in [0.1, 0.15) is 5.82 Å². The zero-order valence-electron chi connectivity index (χ0n) is 8.77. The van der Waals surface area contributed by atoms with E-state index in [0.29, 0.717) is 5.82 Å². The standard InChI is InChI=1S/C13H14N2/c1-10-7-8-15-13(14)12(10)9-11-5-3-2-4-6-11/h2-8H,9H2,1H3,(H2,14,15). The molecule has 1 heterocycles. The maximum atomic E-state index is 5.86. The van der Waals surface area contributed by atoms with Crippen molar-refractivity contribution >= 4 is 5.82 Å². The van der Waals surface area contributed by atoms with Crippen LogP contribution in [0.1, 0.15) is 16.7 Å². The van der Waals surface area contributed by atoms with Crippen molar-refractivity contribution in [1.82, 2.24) is 4.98 Å². The zero-order valence-corrected chi connectivity index (χ0v) is 8.77. The summed E-state index contributed by atoms with van der Waals surface area (Å²) in [4.78, 5) is 4.11. The van der Waals surface area contributed by atoms with Crippen LogP contribution in [-0.4, -0.2) is 4.98 Å². The molecule has 15 heavy (non-hydrogen) atoms. The van der Waals surface area contributed by atoms with E-state index in [1.165, 1.54) is 11.1 Å². The summed E-state index contributed by atoms with van der Waals surface area (Å²) < 4.78 is 0. The van der Waals surface area contributed by atoms with E-state index in [-0.39, 0.29) is 0 Å². The molecule has 0 aliphatic rings. The van der Waals surface area contributed by atoms with Crippen molar-refractivity contribution in [2.75, 3.05) is 5.73 Å². The Bertz CT molecular complexity index is 429. The van der Waals surface area contributed by atoms with Crippen molar-refractivity contribution in [3.8, 4) is 0 Å². The molecule has 2 rings (SSSR count). The second kappa shape index (κ2) is 4.13. The highest BCUT2D eigenvalue weighted by molar-refractivity contribution is 5.46. The van der Waals surface area contributed by atoms with E-state index in [2.05, 4.69) is 24.0 Å². The normalized spacial score (nSPS) is 10.2. The molecule has 0 aliphatic carbocycles. The van der Waals surface area contributed by atoms with E-state index in [9.17, 15) is 0 Å². The minimum absolute atomic E-state index is 0.638. The molecule has 0 spiro atoms. The van der Waals surface area contributed by atoms with E-state index in [1.807, 2.05) is 24.3 Å². The van der Waals surface area contributed by atoms with Crippen LogP contribution in [0.2, 0.25) is 0 Å². The Morgan fingerprint density at radius 1 is 1.13 bits per heavy atom. The van der Waals surface area contributed by atoms with Crippen molar-refractivity contribution in [2.24, 2.45) is 0 Å². The summed E-state index contributed by atoms with van der Waals surface area (Å²) in [7, 11) is 0. The molecule has 0 amide bonds. The summed E-state index contributed by atoms with van der Waals surface area (Å²) >= 11 is 0. The zero-order chi connectivity index (χ0) is 10.7. The minimum Gasteiger partial charge on any atom is -0.383 e. The molecule has 0 saturated carbocycles. The lowest BCUT2D eigenvalue weighted by molar-refractivity contribution is 1.12. The van der Waals surface area contributed by atoms with Crippen molar-refractivity contribution in [1.29, 1.82) is 0 Å². The summed E-state index contributed by atoms with van der Waals surface area (Å²) in [6.07, 6.45) is 2.60. The number of aryl methyl sites for hydroxylation is 1. The number of benzene rings is 1. The molecule has 2 aromatic rings. The van der Waals surface area contributed by atoms with Crippen molar-refractivity contribution in [3.63, 3.8) is 0 Å². The average Bonchev–Trinajstić information content (AvgIpc) is 2.25. The molecule has 2 N–H and O–H groups in total. The minimum atomic E-state index is 0.638. The lowest BCUT2D eigenvalue weighted by Crippen LogP contribution is -2.00. The van der Waals surface area contributed by atoms with Gasteiger partial charge in [-0.25, -0.2) is 4.98 Å². The number of anilines is 1. The fourth-order valence-electron chi connectivity index (χ4n) is 1.64. The number of pyridine rings is 1. The highest BCUT2D eigenvalue weighted by atomic mass is 14.8. The van der Waals surface area contributed by atoms with Crippen LogP contribution < -0.4 is 5.73 Å². The summed E-state index contributed by atoms with van der Waals surface area (Å²) in [6, 6.07) is 12.3. The predicted octanol–water partition coefficient (Wildman–Crippen LogP) is 2.56. The molecule has 1 aromatic carbocycles. The Balaban J connectivity index is 2.32. The largest absolute Gasteiger partial charge is 0.383 e. The smallest absolute Gasteiger partial charge is 0.127 e. The highest BCUT2D eigenvalue weighted by Gasteiger charge is 2.04. The molecule has 2 heteroatoms. The maximum Gasteiger partial charge on any atom is 0.127 e. The number of nitrogen functional groups attached to an aromatic ring is 1. The second-order valence-electron chi connectivity index (χ2n) is 3.65. The Hall–Kier alpha value is -1.83. The SMILES string of the molecule is Cc1ccnc(N)c1Cc1ccccc1. The molecule has 2 nitrogen and oxygen atoms in total. The van der Waals surface area contributed by atoms with E-state index in [0.717, 1.165) is 12.0 Å². The molecule has 1 aromatic heterocycles. The van der Waals surface area contributed by atoms with Gasteiger partial charge in [-0.2, -0.15) is 0 Å². The van der Waals surface area contributed by atoms with Gasteiger partial charge in [0.15, 0.2) is 0 Å².